The van der Waals surface area contributed by atoms with Crippen LogP contribution in [-0.2, 0) is 11.2 Å². The molecule has 288 valence electrons. The number of nitrogens with zero attached hydrogens (tertiary/aromatic N) is 2. The van der Waals surface area contributed by atoms with Gasteiger partial charge in [0.15, 0.2) is 0 Å². The Bertz CT molecular complexity index is 3390. The summed E-state index contributed by atoms with van der Waals surface area (Å²) in [5.74, 6) is 0.929. The summed E-state index contributed by atoms with van der Waals surface area (Å²) in [6.07, 6.45) is 8.31. The van der Waals surface area contributed by atoms with Gasteiger partial charge in [-0.1, -0.05) is 182 Å². The van der Waals surface area contributed by atoms with E-state index in [9.17, 15) is 0 Å². The number of benzene rings is 8. The van der Waals surface area contributed by atoms with Gasteiger partial charge in [0, 0.05) is 33.7 Å². The summed E-state index contributed by atoms with van der Waals surface area (Å²) in [4.78, 5) is 9.93. The molecule has 2 aliphatic rings. The van der Waals surface area contributed by atoms with Crippen LogP contribution < -0.4 is 0 Å². The van der Waals surface area contributed by atoms with Gasteiger partial charge in [0.25, 0.3) is 0 Å². The summed E-state index contributed by atoms with van der Waals surface area (Å²) in [6, 6.07) is 67.8. The Labute approximate surface area is 355 Å². The van der Waals surface area contributed by atoms with Crippen LogP contribution >= 0.6 is 0 Å². The number of rotatable bonds is 6. The van der Waals surface area contributed by atoms with Crippen LogP contribution in [0.4, 0.5) is 0 Å². The topological polar surface area (TPSA) is 35.0 Å². The first-order valence-corrected chi connectivity index (χ1v) is 21.3. The number of aromatic nitrogens is 2. The fourth-order valence-corrected chi connectivity index (χ4v) is 9.99. The van der Waals surface area contributed by atoms with E-state index in [0.29, 0.717) is 0 Å². The van der Waals surface area contributed by atoms with Crippen LogP contribution in [0.25, 0.3) is 83.1 Å². The van der Waals surface area contributed by atoms with Crippen molar-refractivity contribution in [2.24, 2.45) is 0 Å². The third-order valence-corrected chi connectivity index (χ3v) is 12.8. The normalized spacial score (nSPS) is 16.1. The Balaban J connectivity index is 0.983. The molecule has 2 atom stereocenters. The quantitative estimate of drug-likeness (QED) is 0.158. The summed E-state index contributed by atoms with van der Waals surface area (Å²) >= 11 is 0. The molecule has 0 fully saturated rings. The van der Waals surface area contributed by atoms with E-state index >= 15 is 0 Å². The number of ether oxygens (including phenoxy) is 1. The summed E-state index contributed by atoms with van der Waals surface area (Å²) in [5.41, 5.74) is 15.0. The van der Waals surface area contributed by atoms with Gasteiger partial charge in [-0.05, 0) is 91.5 Å². The summed E-state index contributed by atoms with van der Waals surface area (Å²) < 4.78 is 7.46. The van der Waals surface area contributed by atoms with Gasteiger partial charge in [-0.2, -0.15) is 0 Å². The van der Waals surface area contributed by atoms with Gasteiger partial charge in [0.2, 0.25) is 0 Å². The fourth-order valence-electron chi connectivity index (χ4n) is 9.99. The molecule has 12 rings (SSSR count). The van der Waals surface area contributed by atoms with Crippen LogP contribution in [0.3, 0.4) is 0 Å². The van der Waals surface area contributed by atoms with Crippen molar-refractivity contribution in [3.8, 4) is 22.4 Å². The Morgan fingerprint density at radius 2 is 1.16 bits per heavy atom. The van der Waals surface area contributed by atoms with E-state index in [1.54, 1.807) is 0 Å². The number of allylic oxidation sites excluding steroid dienone is 1. The zero-order chi connectivity index (χ0) is 40.3. The van der Waals surface area contributed by atoms with Gasteiger partial charge >= 0.3 is 0 Å². The number of hydrogen-bond donors (Lipinski definition) is 0. The Hall–Kier alpha value is -7.62. The molecule has 3 heterocycles. The molecule has 0 saturated carbocycles. The maximum atomic E-state index is 7.46. The third-order valence-electron chi connectivity index (χ3n) is 12.8. The van der Waals surface area contributed by atoms with E-state index in [4.69, 9.17) is 14.7 Å². The van der Waals surface area contributed by atoms with E-state index in [1.807, 2.05) is 12.3 Å². The van der Waals surface area contributed by atoms with E-state index in [-0.39, 0.29) is 12.0 Å². The van der Waals surface area contributed by atoms with Crippen molar-refractivity contribution in [1.29, 1.82) is 0 Å². The van der Waals surface area contributed by atoms with Gasteiger partial charge in [-0.25, -0.2) is 4.98 Å². The third kappa shape index (κ3) is 5.96. The molecule has 0 amide bonds. The molecule has 61 heavy (non-hydrogen) atoms. The molecule has 0 N–H and O–H groups in total. The number of fused-ring (bicyclic) bond motifs is 7. The maximum absolute atomic E-state index is 7.46. The van der Waals surface area contributed by atoms with Crippen molar-refractivity contribution in [3.05, 3.63) is 234 Å². The van der Waals surface area contributed by atoms with Gasteiger partial charge in [-0.15, -0.1) is 0 Å². The highest BCUT2D eigenvalue weighted by Gasteiger charge is 2.41. The van der Waals surface area contributed by atoms with Crippen molar-refractivity contribution >= 4 is 60.8 Å². The molecule has 10 aromatic rings. The molecule has 0 spiro atoms. The fraction of sp³-hybridized carbons (Fsp3) is 0.0690. The predicted octanol–water partition coefficient (Wildman–Crippen LogP) is 14.8. The lowest BCUT2D eigenvalue weighted by atomic mass is 9.77. The maximum Gasteiger partial charge on any atom is 0.135 e. The second-order valence-electron chi connectivity index (χ2n) is 16.2. The van der Waals surface area contributed by atoms with E-state index < -0.39 is 0 Å². The molecule has 0 radical (unpaired) electrons. The van der Waals surface area contributed by atoms with Crippen molar-refractivity contribution in [1.82, 2.24) is 9.97 Å². The first-order valence-electron chi connectivity index (χ1n) is 21.3. The molecule has 0 bridgehead atoms. The summed E-state index contributed by atoms with van der Waals surface area (Å²) in [7, 11) is 0. The van der Waals surface area contributed by atoms with Crippen molar-refractivity contribution in [3.63, 3.8) is 0 Å². The highest BCUT2D eigenvalue weighted by atomic mass is 16.5. The van der Waals surface area contributed by atoms with E-state index in [1.165, 1.54) is 60.5 Å². The van der Waals surface area contributed by atoms with Crippen LogP contribution in [0.2, 0.25) is 0 Å². The molecular weight excluding hydrogens is 741 g/mol. The second-order valence-corrected chi connectivity index (χ2v) is 16.2. The molecule has 2 aromatic heterocycles. The number of hydrogen-bond acceptors (Lipinski definition) is 3. The average molecular weight is 781 g/mol. The molecule has 3 nitrogen and oxygen atoms in total. The minimum atomic E-state index is -0.203. The van der Waals surface area contributed by atoms with Crippen LogP contribution in [0.15, 0.2) is 200 Å². The highest BCUT2D eigenvalue weighted by molar-refractivity contribution is 6.07. The van der Waals surface area contributed by atoms with Crippen LogP contribution in [0.1, 0.15) is 51.8 Å². The number of pyridine rings is 2. The highest BCUT2D eigenvalue weighted by Crippen LogP contribution is 2.56. The zero-order valence-electron chi connectivity index (χ0n) is 33.5. The molecule has 2 unspecified atom stereocenters. The van der Waals surface area contributed by atoms with Crippen LogP contribution in [0.5, 0.6) is 0 Å². The smallest absolute Gasteiger partial charge is 0.135 e. The van der Waals surface area contributed by atoms with E-state index in [0.717, 1.165) is 62.8 Å². The lowest BCUT2D eigenvalue weighted by Gasteiger charge is -2.27. The molecule has 0 saturated heterocycles. The standard InChI is InChI=1S/C58H40N2O/c1-3-14-38(15-4-1)53-54(39-16-5-2-6-17-39)58(51-36-43-18-7-8-20-44(43)46-21-10-12-24-49(46)51)61-57(53)42-29-25-37(26-30-42)45-32-33-50(48-23-11-9-22-47(45)48)52-34-31-41-28-27-40-19-13-35-59-55(40)56(41)60-52/h1-11,13-23,25-36,54,58H,12,24H2. The van der Waals surface area contributed by atoms with Crippen LogP contribution in [-0.4, -0.2) is 9.97 Å². The average Bonchev–Trinajstić information content (AvgIpc) is 3.74. The Morgan fingerprint density at radius 1 is 0.508 bits per heavy atom. The summed E-state index contributed by atoms with van der Waals surface area (Å²) in [6.45, 7) is 0. The van der Waals surface area contributed by atoms with E-state index in [2.05, 4.69) is 194 Å². The molecule has 3 heteroatoms. The SMILES string of the molecule is C1=Cc2c(c(C3OC(c4ccc(-c5ccc(-c6ccc7ccc8cccnc8c7n6)c6ccccc56)cc4)=C(c4ccccc4)C3c3ccccc3)cc3ccccc23)CC1. The van der Waals surface area contributed by atoms with Gasteiger partial charge in [-0.3, -0.25) is 4.98 Å². The molecule has 8 aromatic carbocycles. The predicted molar refractivity (Wildman–Crippen MR) is 253 cm³/mol. The molecule has 1 aliphatic heterocycles. The van der Waals surface area contributed by atoms with Crippen LogP contribution in [0, 0.1) is 0 Å². The lowest BCUT2D eigenvalue weighted by Crippen LogP contribution is -2.13. The minimum Gasteiger partial charge on any atom is -0.484 e. The van der Waals surface area contributed by atoms with Gasteiger partial charge in [0.1, 0.15) is 11.9 Å². The zero-order valence-corrected chi connectivity index (χ0v) is 33.5. The lowest BCUT2D eigenvalue weighted by molar-refractivity contribution is 0.178. The summed E-state index contributed by atoms with van der Waals surface area (Å²) in [5, 5.41) is 7.08. The van der Waals surface area contributed by atoms with Crippen molar-refractivity contribution in [2.75, 3.05) is 0 Å². The minimum absolute atomic E-state index is 0.0107. The molecular formula is C58H40N2O. The second kappa shape index (κ2) is 14.6. The largest absolute Gasteiger partial charge is 0.484 e. The van der Waals surface area contributed by atoms with Gasteiger partial charge in [0.05, 0.1) is 22.6 Å². The monoisotopic (exact) mass is 780 g/mol. The first-order chi connectivity index (χ1) is 30.3. The first kappa shape index (κ1) is 35.3. The Kier molecular flexibility index (Phi) is 8.45. The van der Waals surface area contributed by atoms with Gasteiger partial charge < -0.3 is 4.74 Å². The van der Waals surface area contributed by atoms with Crippen molar-refractivity contribution < 1.29 is 4.74 Å². The van der Waals surface area contributed by atoms with Crippen molar-refractivity contribution in [2.45, 2.75) is 24.9 Å². The molecule has 1 aliphatic carbocycles. The Morgan fingerprint density at radius 3 is 1.98 bits per heavy atom.